The maximum absolute atomic E-state index is 14.0. The lowest BCUT2D eigenvalue weighted by atomic mass is 9.91. The van der Waals surface area contributed by atoms with Crippen molar-refractivity contribution in [2.75, 3.05) is 13.2 Å². The number of allylic oxidation sites excluding steroid dienone is 1. The lowest BCUT2D eigenvalue weighted by Crippen LogP contribution is -2.54. The minimum atomic E-state index is -3.98. The van der Waals surface area contributed by atoms with Crippen LogP contribution in [0.4, 0.5) is 0 Å². The Morgan fingerprint density at radius 3 is 2.50 bits per heavy atom. The number of thioether (sulfide) groups is 1. The van der Waals surface area contributed by atoms with Gasteiger partial charge in [-0.1, -0.05) is 60.1 Å². The van der Waals surface area contributed by atoms with Gasteiger partial charge in [-0.05, 0) is 76.1 Å². The summed E-state index contributed by atoms with van der Waals surface area (Å²) >= 11 is 7.30. The monoisotopic (exact) mass is 605 g/mol. The van der Waals surface area contributed by atoms with Crippen molar-refractivity contribution >= 4 is 44.3 Å². The smallest absolute Gasteiger partial charge is 0.328 e. The van der Waals surface area contributed by atoms with Crippen LogP contribution < -0.4 is 4.72 Å². The van der Waals surface area contributed by atoms with Gasteiger partial charge < -0.3 is 14.2 Å². The molecular formula is C30H36ClNO6S2. The highest BCUT2D eigenvalue weighted by Crippen LogP contribution is 2.60. The van der Waals surface area contributed by atoms with Gasteiger partial charge in [0.1, 0.15) is 15.7 Å². The average molecular weight is 606 g/mol. The first-order chi connectivity index (χ1) is 18.9. The van der Waals surface area contributed by atoms with E-state index in [4.69, 9.17) is 25.8 Å². The molecular weight excluding hydrogens is 570 g/mol. The van der Waals surface area contributed by atoms with E-state index in [9.17, 15) is 13.2 Å². The van der Waals surface area contributed by atoms with E-state index in [0.717, 1.165) is 35.3 Å². The molecule has 0 spiro atoms. The number of hydrogen-bond donors (Lipinski definition) is 1. The molecule has 40 heavy (non-hydrogen) atoms. The number of nitrogens with one attached hydrogen (secondary N) is 1. The molecule has 0 radical (unpaired) electrons. The summed E-state index contributed by atoms with van der Waals surface area (Å²) in [7, 11) is -3.98. The molecule has 4 atom stereocenters. The van der Waals surface area contributed by atoms with Gasteiger partial charge >= 0.3 is 5.97 Å². The van der Waals surface area contributed by atoms with Crippen LogP contribution in [0.1, 0.15) is 64.0 Å². The second-order valence-electron chi connectivity index (χ2n) is 11.6. The quantitative estimate of drug-likeness (QED) is 0.349. The molecule has 2 aromatic rings. The van der Waals surface area contributed by atoms with E-state index in [2.05, 4.69) is 4.72 Å². The molecule has 10 heteroatoms. The van der Waals surface area contributed by atoms with Crippen molar-refractivity contribution in [3.05, 3.63) is 76.8 Å². The van der Waals surface area contributed by atoms with Crippen molar-refractivity contribution < 1.29 is 27.4 Å². The molecule has 0 amide bonds. The van der Waals surface area contributed by atoms with Crippen molar-refractivity contribution in [3.8, 4) is 0 Å². The average Bonchev–Trinajstić information content (AvgIpc) is 3.28. The third-order valence-corrected chi connectivity index (χ3v) is 11.5. The molecule has 3 aliphatic rings. The molecule has 2 fully saturated rings. The van der Waals surface area contributed by atoms with Crippen molar-refractivity contribution in [3.63, 3.8) is 0 Å². The van der Waals surface area contributed by atoms with Gasteiger partial charge in [0.2, 0.25) is 10.0 Å². The number of sulfonamides is 1. The topological polar surface area (TPSA) is 90.9 Å². The highest BCUT2D eigenvalue weighted by molar-refractivity contribution is 8.18. The van der Waals surface area contributed by atoms with Crippen molar-refractivity contribution in [2.45, 2.75) is 80.3 Å². The third-order valence-electron chi connectivity index (χ3n) is 7.53. The van der Waals surface area contributed by atoms with Crippen LogP contribution >= 0.6 is 23.4 Å². The molecule has 1 saturated heterocycles. The zero-order valence-corrected chi connectivity index (χ0v) is 25.4. The molecule has 2 aliphatic heterocycles. The summed E-state index contributed by atoms with van der Waals surface area (Å²) in [6.45, 7) is 6.08. The van der Waals surface area contributed by atoms with E-state index in [0.29, 0.717) is 18.1 Å². The second kappa shape index (κ2) is 11.4. The summed E-state index contributed by atoms with van der Waals surface area (Å²) in [5, 5.41) is 0.615. The highest BCUT2D eigenvalue weighted by atomic mass is 35.5. The first-order valence-electron chi connectivity index (χ1n) is 13.6. The Kier molecular flexibility index (Phi) is 8.45. The van der Waals surface area contributed by atoms with Crippen LogP contribution in [0.3, 0.4) is 0 Å². The molecule has 2 aromatic carbocycles. The fourth-order valence-corrected chi connectivity index (χ4v) is 8.74. The number of carbonyl (C=O) groups is 1. The summed E-state index contributed by atoms with van der Waals surface area (Å²) in [6, 6.07) is 16.8. The zero-order valence-electron chi connectivity index (χ0n) is 23.0. The molecule has 1 aliphatic carbocycles. The lowest BCUT2D eigenvalue weighted by molar-refractivity contribution is -0.171. The Bertz CT molecular complexity index is 1350. The Morgan fingerprint density at radius 1 is 1.12 bits per heavy atom. The maximum atomic E-state index is 14.0. The molecule has 1 N–H and O–H groups in total. The Morgan fingerprint density at radius 2 is 1.85 bits per heavy atom. The summed E-state index contributed by atoms with van der Waals surface area (Å²) in [5.74, 6) is -0.602. The van der Waals surface area contributed by atoms with Crippen molar-refractivity contribution in [1.29, 1.82) is 0 Å². The third kappa shape index (κ3) is 6.15. The first-order valence-corrected chi connectivity index (χ1v) is 16.4. The van der Waals surface area contributed by atoms with Gasteiger partial charge in [0.05, 0.1) is 12.0 Å². The number of halogens is 1. The summed E-state index contributed by atoms with van der Waals surface area (Å²) in [6.07, 6.45) is 4.80. The van der Waals surface area contributed by atoms with E-state index in [-0.39, 0.29) is 19.3 Å². The zero-order chi connectivity index (χ0) is 28.6. The van der Waals surface area contributed by atoms with E-state index in [1.807, 2.05) is 48.5 Å². The van der Waals surface area contributed by atoms with Gasteiger partial charge in [0, 0.05) is 16.5 Å². The Hall–Kier alpha value is -1.88. The molecule has 2 heterocycles. The van der Waals surface area contributed by atoms with Crippen molar-refractivity contribution in [2.24, 2.45) is 0 Å². The van der Waals surface area contributed by atoms with Gasteiger partial charge in [-0.15, -0.1) is 11.8 Å². The van der Waals surface area contributed by atoms with Crippen molar-refractivity contribution in [1.82, 2.24) is 4.72 Å². The van der Waals surface area contributed by atoms with Crippen LogP contribution in [0.5, 0.6) is 0 Å². The van der Waals surface area contributed by atoms with E-state index < -0.39 is 37.1 Å². The fourth-order valence-electron chi connectivity index (χ4n) is 5.40. The van der Waals surface area contributed by atoms with E-state index in [1.165, 1.54) is 11.8 Å². The molecule has 7 nitrogen and oxygen atoms in total. The lowest BCUT2D eigenvalue weighted by Gasteiger charge is -2.31. The Labute approximate surface area is 246 Å². The van der Waals surface area contributed by atoms with Crippen LogP contribution in [0.25, 0.3) is 4.91 Å². The van der Waals surface area contributed by atoms with Gasteiger partial charge in [0.25, 0.3) is 0 Å². The largest absolute Gasteiger partial charge is 0.459 e. The maximum Gasteiger partial charge on any atom is 0.328 e. The summed E-state index contributed by atoms with van der Waals surface area (Å²) in [5.41, 5.74) is -1.55. The van der Waals surface area contributed by atoms with Gasteiger partial charge in [-0.2, -0.15) is 4.72 Å². The fraction of sp³-hybridized carbons (Fsp3) is 0.500. The number of benzene rings is 2. The number of hydrogen-bond acceptors (Lipinski definition) is 7. The van der Waals surface area contributed by atoms with Crippen LogP contribution in [0.15, 0.2) is 60.7 Å². The highest BCUT2D eigenvalue weighted by Gasteiger charge is 2.76. The molecule has 5 rings (SSSR count). The molecule has 4 unspecified atom stereocenters. The molecule has 1 saturated carbocycles. The standard InChI is InChI=1S/C30H36ClNO6S2/c1-28(2,3)38-27(33)30(32-40(34,35)26-17-16-24(39-26)21-12-14-23(31)15-13-21)19-29(30,22-9-5-4-6-10-22)20-37-25-11-7-8-18-36-25/h4-6,9-10,12-16,25-26,32H,7-8,11,17-20H2,1-3H3. The minimum Gasteiger partial charge on any atom is -0.459 e. The van der Waals surface area contributed by atoms with Crippen LogP contribution in [-0.4, -0.2) is 49.6 Å². The van der Waals surface area contributed by atoms with Crippen LogP contribution in [-0.2, 0) is 34.4 Å². The van der Waals surface area contributed by atoms with Gasteiger partial charge in [0.15, 0.2) is 6.29 Å². The Balaban J connectivity index is 1.44. The SMILES string of the molecule is CC(C)(C)OC(=O)C1(NS(=O)(=O)C2CC=C(c3ccc(Cl)cc3)S2)CC1(COC1CCCCO1)c1ccccc1. The van der Waals surface area contributed by atoms with Gasteiger partial charge in [-0.25, -0.2) is 13.2 Å². The predicted octanol–water partition coefficient (Wildman–Crippen LogP) is 6.03. The first kappa shape index (κ1) is 29.6. The number of carbonyl (C=O) groups excluding carboxylic acids is 1. The molecule has 0 bridgehead atoms. The molecule has 0 aromatic heterocycles. The second-order valence-corrected chi connectivity index (χ2v) is 15.5. The van der Waals surface area contributed by atoms with E-state index in [1.54, 1.807) is 32.9 Å². The minimum absolute atomic E-state index is 0.121. The number of esters is 1. The van der Waals surface area contributed by atoms with Crippen LogP contribution in [0, 0.1) is 0 Å². The van der Waals surface area contributed by atoms with E-state index >= 15 is 0 Å². The summed E-state index contributed by atoms with van der Waals surface area (Å²) in [4.78, 5) is 14.8. The normalized spacial score (nSPS) is 28.6. The molecule has 216 valence electrons. The summed E-state index contributed by atoms with van der Waals surface area (Å²) < 4.78 is 47.9. The predicted molar refractivity (Wildman–Crippen MR) is 158 cm³/mol. The van der Waals surface area contributed by atoms with Crippen LogP contribution in [0.2, 0.25) is 5.02 Å². The number of rotatable bonds is 9. The number of ether oxygens (including phenoxy) is 3. The van der Waals surface area contributed by atoms with Gasteiger partial charge in [-0.3, -0.25) is 0 Å².